The molecule has 2 aromatic carbocycles. The molecule has 0 aromatic heterocycles. The van der Waals surface area contributed by atoms with E-state index in [1.165, 1.54) is 5.56 Å². The first-order chi connectivity index (χ1) is 13.8. The fourth-order valence-corrected chi connectivity index (χ4v) is 3.93. The fourth-order valence-electron chi connectivity index (χ4n) is 3.93. The number of nitrogens with one attached hydrogen (secondary N) is 2. The molecule has 3 N–H and O–H groups in total. The first-order valence-corrected chi connectivity index (χ1v) is 9.86. The number of carbonyl (C=O) groups excluding carboxylic acids is 2. The van der Waals surface area contributed by atoms with Crippen LogP contribution in [-0.4, -0.2) is 48.0 Å². The SMILES string of the molecule is Cc1cc(O)cc(C)c1C[C@@H](C(=O)NC(=O)C1Cc2ccccc2CN1)N(C)C. The van der Waals surface area contributed by atoms with Crippen LogP contribution in [-0.2, 0) is 29.0 Å². The molecule has 1 aliphatic rings. The van der Waals surface area contributed by atoms with Crippen molar-refractivity contribution in [2.75, 3.05) is 14.1 Å². The van der Waals surface area contributed by atoms with Crippen LogP contribution in [0.1, 0.15) is 27.8 Å². The number of nitrogens with zero attached hydrogens (tertiary/aromatic N) is 1. The Kier molecular flexibility index (Phi) is 6.35. The first-order valence-electron chi connectivity index (χ1n) is 9.86. The predicted octanol–water partition coefficient (Wildman–Crippen LogP) is 1.84. The molecule has 154 valence electrons. The van der Waals surface area contributed by atoms with Crippen molar-refractivity contribution in [3.05, 3.63) is 64.2 Å². The standard InChI is InChI=1S/C23H29N3O3/c1-14-9-18(27)10-15(2)19(14)12-21(26(3)4)23(29)25-22(28)20-11-16-7-5-6-8-17(16)13-24-20/h5-10,20-21,24,27H,11-13H2,1-4H3,(H,25,28,29)/t20?,21-/m0/s1. The highest BCUT2D eigenvalue weighted by atomic mass is 16.3. The fraction of sp³-hybridized carbons (Fsp3) is 0.391. The number of aryl methyl sites for hydroxylation is 2. The molecule has 0 bridgehead atoms. The number of imide groups is 1. The molecule has 0 spiro atoms. The van der Waals surface area contributed by atoms with E-state index in [0.717, 1.165) is 22.3 Å². The molecule has 3 rings (SSSR count). The third-order valence-corrected chi connectivity index (χ3v) is 5.65. The van der Waals surface area contributed by atoms with Crippen LogP contribution in [0.15, 0.2) is 36.4 Å². The van der Waals surface area contributed by atoms with Crippen LogP contribution in [0.5, 0.6) is 5.75 Å². The number of phenols is 1. The second kappa shape index (κ2) is 8.76. The lowest BCUT2D eigenvalue weighted by Gasteiger charge is -2.28. The number of hydrogen-bond donors (Lipinski definition) is 3. The third kappa shape index (κ3) is 4.83. The second-order valence-electron chi connectivity index (χ2n) is 8.00. The van der Waals surface area contributed by atoms with Crippen LogP contribution in [0.2, 0.25) is 0 Å². The Morgan fingerprint density at radius 2 is 1.79 bits per heavy atom. The molecule has 0 radical (unpaired) electrons. The minimum atomic E-state index is -0.489. The summed E-state index contributed by atoms with van der Waals surface area (Å²) in [5.41, 5.74) is 5.19. The minimum absolute atomic E-state index is 0.216. The molecule has 1 unspecified atom stereocenters. The zero-order valence-corrected chi connectivity index (χ0v) is 17.5. The molecular weight excluding hydrogens is 366 g/mol. The maximum absolute atomic E-state index is 12.9. The highest BCUT2D eigenvalue weighted by molar-refractivity contribution is 6.00. The van der Waals surface area contributed by atoms with Gasteiger partial charge in [0, 0.05) is 6.54 Å². The molecule has 0 saturated heterocycles. The molecule has 0 aliphatic carbocycles. The van der Waals surface area contributed by atoms with Gasteiger partial charge >= 0.3 is 0 Å². The summed E-state index contributed by atoms with van der Waals surface area (Å²) in [5.74, 6) is -0.392. The number of aromatic hydroxyl groups is 1. The number of benzene rings is 2. The number of phenolic OH excluding ortho intramolecular Hbond substituents is 1. The number of likely N-dealkylation sites (N-methyl/N-ethyl adjacent to an activating group) is 1. The molecular formula is C23H29N3O3. The maximum Gasteiger partial charge on any atom is 0.244 e. The quantitative estimate of drug-likeness (QED) is 0.720. The first kappa shape index (κ1) is 21.0. The Labute approximate surface area is 171 Å². The minimum Gasteiger partial charge on any atom is -0.508 e. The lowest BCUT2D eigenvalue weighted by atomic mass is 9.94. The lowest BCUT2D eigenvalue weighted by molar-refractivity contribution is -0.134. The van der Waals surface area contributed by atoms with Gasteiger partial charge in [-0.1, -0.05) is 24.3 Å². The summed E-state index contributed by atoms with van der Waals surface area (Å²) in [4.78, 5) is 27.5. The number of hydrogen-bond acceptors (Lipinski definition) is 5. The summed E-state index contributed by atoms with van der Waals surface area (Å²) in [6, 6.07) is 10.5. The number of fused-ring (bicyclic) bond motifs is 1. The van der Waals surface area contributed by atoms with Crippen molar-refractivity contribution in [1.82, 2.24) is 15.5 Å². The second-order valence-corrected chi connectivity index (χ2v) is 8.00. The van der Waals surface area contributed by atoms with Gasteiger partial charge in [-0.15, -0.1) is 0 Å². The van der Waals surface area contributed by atoms with Crippen LogP contribution in [0, 0.1) is 13.8 Å². The van der Waals surface area contributed by atoms with Gasteiger partial charge in [-0.3, -0.25) is 19.8 Å². The summed E-state index contributed by atoms with van der Waals surface area (Å²) in [6.07, 6.45) is 1.03. The Morgan fingerprint density at radius 1 is 1.17 bits per heavy atom. The van der Waals surface area contributed by atoms with Gasteiger partial charge in [-0.2, -0.15) is 0 Å². The zero-order chi connectivity index (χ0) is 21.1. The Hall–Kier alpha value is -2.70. The van der Waals surface area contributed by atoms with Gasteiger partial charge in [0.25, 0.3) is 0 Å². The van der Waals surface area contributed by atoms with Gasteiger partial charge in [0.2, 0.25) is 11.8 Å². The Bertz CT molecular complexity index is 900. The molecule has 29 heavy (non-hydrogen) atoms. The largest absolute Gasteiger partial charge is 0.508 e. The van der Waals surface area contributed by atoms with Gasteiger partial charge in [0.1, 0.15) is 5.75 Å². The average Bonchev–Trinajstić information content (AvgIpc) is 2.66. The van der Waals surface area contributed by atoms with E-state index in [1.807, 2.05) is 57.1 Å². The van der Waals surface area contributed by atoms with E-state index >= 15 is 0 Å². The van der Waals surface area contributed by atoms with Crippen molar-refractivity contribution >= 4 is 11.8 Å². The topological polar surface area (TPSA) is 81.7 Å². The van der Waals surface area contributed by atoms with Gasteiger partial charge in [0.15, 0.2) is 0 Å². The number of carbonyl (C=O) groups is 2. The van der Waals surface area contributed by atoms with Gasteiger partial charge < -0.3 is 10.4 Å². The molecule has 2 aromatic rings. The van der Waals surface area contributed by atoms with Crippen molar-refractivity contribution in [3.63, 3.8) is 0 Å². The molecule has 1 heterocycles. The van der Waals surface area contributed by atoms with E-state index in [2.05, 4.69) is 10.6 Å². The number of amides is 2. The third-order valence-electron chi connectivity index (χ3n) is 5.65. The maximum atomic E-state index is 12.9. The number of rotatable bonds is 5. The monoisotopic (exact) mass is 395 g/mol. The predicted molar refractivity (Wildman–Crippen MR) is 113 cm³/mol. The van der Waals surface area contributed by atoms with Gasteiger partial charge in [0.05, 0.1) is 12.1 Å². The summed E-state index contributed by atoms with van der Waals surface area (Å²) in [5, 5.41) is 15.6. The average molecular weight is 396 g/mol. The van der Waals surface area contributed by atoms with Gasteiger partial charge in [-0.05, 0) is 80.7 Å². The van der Waals surface area contributed by atoms with Crippen molar-refractivity contribution in [1.29, 1.82) is 0 Å². The summed E-state index contributed by atoms with van der Waals surface area (Å²) < 4.78 is 0. The van der Waals surface area contributed by atoms with Crippen molar-refractivity contribution in [2.24, 2.45) is 0 Å². The van der Waals surface area contributed by atoms with Gasteiger partial charge in [-0.25, -0.2) is 0 Å². The Balaban J connectivity index is 1.70. The zero-order valence-electron chi connectivity index (χ0n) is 17.5. The van der Waals surface area contributed by atoms with Crippen molar-refractivity contribution in [3.8, 4) is 5.75 Å². The molecule has 6 nitrogen and oxygen atoms in total. The molecule has 1 aliphatic heterocycles. The van der Waals surface area contributed by atoms with Crippen LogP contribution in [0.4, 0.5) is 0 Å². The molecule has 0 fully saturated rings. The smallest absolute Gasteiger partial charge is 0.244 e. The van der Waals surface area contributed by atoms with Crippen LogP contribution < -0.4 is 10.6 Å². The molecule has 0 saturated carbocycles. The van der Waals surface area contributed by atoms with E-state index in [1.54, 1.807) is 12.1 Å². The summed E-state index contributed by atoms with van der Waals surface area (Å²) in [7, 11) is 3.66. The Morgan fingerprint density at radius 3 is 2.41 bits per heavy atom. The highest BCUT2D eigenvalue weighted by Crippen LogP contribution is 2.23. The van der Waals surface area contributed by atoms with E-state index in [0.29, 0.717) is 19.4 Å². The normalized spacial score (nSPS) is 16.9. The lowest BCUT2D eigenvalue weighted by Crippen LogP contribution is -2.53. The van der Waals surface area contributed by atoms with E-state index in [9.17, 15) is 14.7 Å². The van der Waals surface area contributed by atoms with E-state index in [4.69, 9.17) is 0 Å². The van der Waals surface area contributed by atoms with Crippen LogP contribution in [0.3, 0.4) is 0 Å². The highest BCUT2D eigenvalue weighted by Gasteiger charge is 2.29. The van der Waals surface area contributed by atoms with Crippen molar-refractivity contribution in [2.45, 2.75) is 45.3 Å². The molecule has 6 heteroatoms. The summed E-state index contributed by atoms with van der Waals surface area (Å²) in [6.45, 7) is 4.45. The molecule has 2 atom stereocenters. The molecule has 2 amide bonds. The van der Waals surface area contributed by atoms with E-state index in [-0.39, 0.29) is 17.6 Å². The summed E-state index contributed by atoms with van der Waals surface area (Å²) >= 11 is 0. The van der Waals surface area contributed by atoms with Crippen LogP contribution in [0.25, 0.3) is 0 Å². The van der Waals surface area contributed by atoms with Crippen molar-refractivity contribution < 1.29 is 14.7 Å². The van der Waals surface area contributed by atoms with Crippen LogP contribution >= 0.6 is 0 Å². The van der Waals surface area contributed by atoms with E-state index < -0.39 is 12.1 Å².